The van der Waals surface area contributed by atoms with E-state index >= 15 is 0 Å². The minimum absolute atomic E-state index is 0.197. The lowest BCUT2D eigenvalue weighted by atomic mass is 9.76. The van der Waals surface area contributed by atoms with E-state index in [1.807, 2.05) is 12.3 Å². The van der Waals surface area contributed by atoms with E-state index in [0.29, 0.717) is 30.0 Å². The fourth-order valence-electron chi connectivity index (χ4n) is 6.31. The Labute approximate surface area is 235 Å². The summed E-state index contributed by atoms with van der Waals surface area (Å²) in [4.78, 5) is 22.3. The van der Waals surface area contributed by atoms with Crippen LogP contribution in [0, 0.1) is 11.8 Å². The zero-order chi connectivity index (χ0) is 25.4. The third-order valence-corrected chi connectivity index (χ3v) is 9.57. The molecule has 3 heterocycles. The van der Waals surface area contributed by atoms with Crippen LogP contribution in [0.15, 0.2) is 45.7 Å². The fourth-order valence-corrected chi connectivity index (χ4v) is 7.81. The second-order valence-corrected chi connectivity index (χ2v) is 12.7. The van der Waals surface area contributed by atoms with Gasteiger partial charge in [-0.25, -0.2) is 0 Å². The Bertz CT molecular complexity index is 1160. The van der Waals surface area contributed by atoms with Crippen LogP contribution in [-0.2, 0) is 17.6 Å². The molecule has 0 spiro atoms. The first-order chi connectivity index (χ1) is 17.3. The van der Waals surface area contributed by atoms with Gasteiger partial charge in [0.1, 0.15) is 0 Å². The van der Waals surface area contributed by atoms with Crippen LogP contribution < -0.4 is 5.73 Å². The molecule has 5 nitrogen and oxygen atoms in total. The molecule has 2 saturated heterocycles. The maximum atomic E-state index is 13.2. The number of hydrogen-bond donors (Lipinski definition) is 1. The molecule has 36 heavy (non-hydrogen) atoms. The van der Waals surface area contributed by atoms with Crippen molar-refractivity contribution in [3.05, 3.63) is 73.1 Å². The van der Waals surface area contributed by atoms with Gasteiger partial charge in [0, 0.05) is 58.7 Å². The number of carbonyl (C=O) groups excluding carboxylic acids is 1. The first kappa shape index (κ1) is 26.1. The Morgan fingerprint density at radius 2 is 1.69 bits per heavy atom. The average molecular weight is 637 g/mol. The Kier molecular flexibility index (Phi) is 7.99. The highest BCUT2D eigenvalue weighted by molar-refractivity contribution is 9.10. The number of piperidine rings is 2. The summed E-state index contributed by atoms with van der Waals surface area (Å²) in [7, 11) is 0. The van der Waals surface area contributed by atoms with Gasteiger partial charge in [-0.15, -0.1) is 0 Å². The number of nitrogens with zero attached hydrogens (tertiary/aromatic N) is 3. The van der Waals surface area contributed by atoms with Crippen molar-refractivity contribution in [1.82, 2.24) is 14.8 Å². The van der Waals surface area contributed by atoms with Gasteiger partial charge in [-0.05, 0) is 101 Å². The predicted molar refractivity (Wildman–Crippen MR) is 152 cm³/mol. The summed E-state index contributed by atoms with van der Waals surface area (Å²) in [5.74, 6) is 2.00. The summed E-state index contributed by atoms with van der Waals surface area (Å²) >= 11 is 13.9. The molecule has 8 heteroatoms. The summed E-state index contributed by atoms with van der Waals surface area (Å²) in [6, 6.07) is 6.36. The molecule has 5 rings (SSSR count). The van der Waals surface area contributed by atoms with Gasteiger partial charge >= 0.3 is 0 Å². The molecule has 0 radical (unpaired) electrons. The summed E-state index contributed by atoms with van der Waals surface area (Å²) in [6.07, 6.45) is 8.43. The number of nitrogens with two attached hydrogens (primary N) is 1. The highest BCUT2D eigenvalue weighted by Gasteiger charge is 2.36. The zero-order valence-electron chi connectivity index (χ0n) is 20.5. The van der Waals surface area contributed by atoms with Crippen LogP contribution in [0.2, 0.25) is 5.02 Å². The van der Waals surface area contributed by atoms with Gasteiger partial charge in [0.25, 0.3) is 0 Å². The van der Waals surface area contributed by atoms with E-state index in [0.717, 1.165) is 78.7 Å². The Morgan fingerprint density at radius 3 is 2.39 bits per heavy atom. The summed E-state index contributed by atoms with van der Waals surface area (Å²) in [5.41, 5.74) is 11.0. The SMILES string of the molecule is C=C(N)N1CCC(CC(=O)N2CCC(C3c4ncc(Br)cc4CCc4cc(Cl)cc(Br)c43)CC2)CC1. The largest absolute Gasteiger partial charge is 0.386 e. The van der Waals surface area contributed by atoms with Gasteiger partial charge in [0.2, 0.25) is 5.91 Å². The van der Waals surface area contributed by atoms with Gasteiger partial charge in [0.15, 0.2) is 0 Å². The average Bonchev–Trinajstić information content (AvgIpc) is 3.01. The van der Waals surface area contributed by atoms with Crippen LogP contribution in [0.3, 0.4) is 0 Å². The molecule has 1 atom stereocenters. The molecule has 0 saturated carbocycles. The molecule has 2 fully saturated rings. The molecule has 1 amide bonds. The first-order valence-electron chi connectivity index (χ1n) is 12.9. The second kappa shape index (κ2) is 11.0. The number of rotatable bonds is 4. The summed E-state index contributed by atoms with van der Waals surface area (Å²) in [5, 5.41) is 0.765. The van der Waals surface area contributed by atoms with Gasteiger partial charge in [-0.2, -0.15) is 0 Å². The van der Waals surface area contributed by atoms with E-state index in [9.17, 15) is 4.79 Å². The number of pyridine rings is 1. The van der Waals surface area contributed by atoms with E-state index in [2.05, 4.69) is 60.4 Å². The monoisotopic (exact) mass is 634 g/mol. The standard InChI is InChI=1S/C28H33Br2ClN4O/c1-17(32)34-8-4-18(5-9-34)12-25(36)35-10-6-19(7-11-35)27-26-20(14-23(31)15-24(26)30)2-3-21-13-22(29)16-33-28(21)27/h13-16,18-19,27H,1-12,32H2. The molecular formula is C28H33Br2ClN4O. The van der Waals surface area contributed by atoms with Crippen LogP contribution in [0.4, 0.5) is 0 Å². The number of hydrogen-bond acceptors (Lipinski definition) is 4. The van der Waals surface area contributed by atoms with Crippen molar-refractivity contribution < 1.29 is 4.79 Å². The number of halogens is 3. The Hall–Kier alpha value is -1.57. The molecule has 3 aliphatic rings. The van der Waals surface area contributed by atoms with Crippen molar-refractivity contribution in [3.8, 4) is 0 Å². The number of likely N-dealkylation sites (tertiary alicyclic amines) is 2. The smallest absolute Gasteiger partial charge is 0.222 e. The molecular weight excluding hydrogens is 604 g/mol. The van der Waals surface area contributed by atoms with Crippen molar-refractivity contribution in [3.63, 3.8) is 0 Å². The highest BCUT2D eigenvalue weighted by atomic mass is 79.9. The summed E-state index contributed by atoms with van der Waals surface area (Å²) < 4.78 is 2.09. The van der Waals surface area contributed by atoms with E-state index in [-0.39, 0.29) is 5.92 Å². The number of amides is 1. The lowest BCUT2D eigenvalue weighted by Crippen LogP contribution is -2.42. The fraction of sp³-hybridized carbons (Fsp3) is 0.500. The third kappa shape index (κ3) is 5.48. The van der Waals surface area contributed by atoms with Crippen LogP contribution in [-0.4, -0.2) is 46.9 Å². The molecule has 2 aromatic rings. The van der Waals surface area contributed by atoms with Gasteiger partial charge in [0.05, 0.1) is 11.5 Å². The Morgan fingerprint density at radius 1 is 1.03 bits per heavy atom. The van der Waals surface area contributed by atoms with Crippen molar-refractivity contribution in [2.45, 2.75) is 50.9 Å². The lowest BCUT2D eigenvalue weighted by Gasteiger charge is -2.38. The van der Waals surface area contributed by atoms with Crippen molar-refractivity contribution in [1.29, 1.82) is 0 Å². The third-order valence-electron chi connectivity index (χ3n) is 8.27. The minimum Gasteiger partial charge on any atom is -0.386 e. The van der Waals surface area contributed by atoms with Crippen molar-refractivity contribution in [2.75, 3.05) is 26.2 Å². The lowest BCUT2D eigenvalue weighted by molar-refractivity contribution is -0.134. The maximum absolute atomic E-state index is 13.2. The molecule has 1 aromatic heterocycles. The number of benzene rings is 1. The summed E-state index contributed by atoms with van der Waals surface area (Å²) in [6.45, 7) is 7.27. The van der Waals surface area contributed by atoms with Crippen LogP contribution in [0.5, 0.6) is 0 Å². The van der Waals surface area contributed by atoms with Gasteiger partial charge < -0.3 is 15.5 Å². The zero-order valence-corrected chi connectivity index (χ0v) is 24.4. The number of fused-ring (bicyclic) bond motifs is 2. The number of aromatic nitrogens is 1. The minimum atomic E-state index is 0.197. The van der Waals surface area contributed by atoms with Gasteiger partial charge in [-0.1, -0.05) is 34.1 Å². The number of aryl methyl sites for hydroxylation is 2. The van der Waals surface area contributed by atoms with Crippen molar-refractivity contribution >= 4 is 49.4 Å². The molecule has 1 aromatic carbocycles. The van der Waals surface area contributed by atoms with E-state index < -0.39 is 0 Å². The van der Waals surface area contributed by atoms with E-state index in [1.165, 1.54) is 22.4 Å². The molecule has 0 bridgehead atoms. The first-order valence-corrected chi connectivity index (χ1v) is 14.9. The normalized spacial score (nSPS) is 21.0. The topological polar surface area (TPSA) is 62.5 Å². The van der Waals surface area contributed by atoms with Crippen LogP contribution in [0.1, 0.15) is 60.4 Å². The van der Waals surface area contributed by atoms with Crippen LogP contribution >= 0.6 is 43.5 Å². The molecule has 2 N–H and O–H groups in total. The van der Waals surface area contributed by atoms with Crippen LogP contribution in [0.25, 0.3) is 0 Å². The maximum Gasteiger partial charge on any atom is 0.222 e. The molecule has 192 valence electrons. The molecule has 1 aliphatic carbocycles. The predicted octanol–water partition coefficient (Wildman–Crippen LogP) is 6.26. The second-order valence-electron chi connectivity index (χ2n) is 10.5. The molecule has 1 unspecified atom stereocenters. The number of carbonyl (C=O) groups is 1. The van der Waals surface area contributed by atoms with Gasteiger partial charge in [-0.3, -0.25) is 9.78 Å². The van der Waals surface area contributed by atoms with E-state index in [1.54, 1.807) is 0 Å². The molecule has 2 aliphatic heterocycles. The van der Waals surface area contributed by atoms with E-state index in [4.69, 9.17) is 22.3 Å². The van der Waals surface area contributed by atoms with Crippen molar-refractivity contribution in [2.24, 2.45) is 17.6 Å². The Balaban J connectivity index is 1.31. The highest BCUT2D eigenvalue weighted by Crippen LogP contribution is 2.46. The quantitative estimate of drug-likeness (QED) is 0.431.